The number of nitrogens with zero attached hydrogens (tertiary/aromatic N) is 1. The quantitative estimate of drug-likeness (QED) is 0.862. The summed E-state index contributed by atoms with van der Waals surface area (Å²) in [5, 5.41) is 0. The number of carbonyl (C=O) groups is 1. The zero-order valence-corrected chi connectivity index (χ0v) is 11.6. The number of furan rings is 1. The molecule has 1 aromatic heterocycles. The number of methoxy groups -OCH3 is 1. The van der Waals surface area contributed by atoms with Gasteiger partial charge in [0.05, 0.1) is 13.4 Å². The molecule has 0 bridgehead atoms. The highest BCUT2D eigenvalue weighted by Gasteiger charge is 2.18. The summed E-state index contributed by atoms with van der Waals surface area (Å²) in [5.41, 5.74) is 1.46. The number of aryl methyl sites for hydroxylation is 1. The highest BCUT2D eigenvalue weighted by Crippen LogP contribution is 2.19. The average molecular weight is 277 g/mol. The van der Waals surface area contributed by atoms with E-state index >= 15 is 0 Å². The van der Waals surface area contributed by atoms with Crippen LogP contribution in [0.4, 0.5) is 4.39 Å². The van der Waals surface area contributed by atoms with E-state index in [-0.39, 0.29) is 11.7 Å². The number of halogens is 1. The first-order valence-corrected chi connectivity index (χ1v) is 6.15. The first-order chi connectivity index (χ1) is 9.52. The molecule has 1 heterocycles. The Kier molecular flexibility index (Phi) is 4.08. The van der Waals surface area contributed by atoms with Gasteiger partial charge in [-0.05, 0) is 30.7 Å². The van der Waals surface area contributed by atoms with Crippen LogP contribution < -0.4 is 4.74 Å². The van der Waals surface area contributed by atoms with Gasteiger partial charge in [0, 0.05) is 19.2 Å². The van der Waals surface area contributed by atoms with Crippen molar-refractivity contribution in [2.24, 2.45) is 0 Å². The number of rotatable bonds is 4. The third-order valence-electron chi connectivity index (χ3n) is 3.04. The molecule has 2 aromatic rings. The second-order valence-corrected chi connectivity index (χ2v) is 4.56. The first kappa shape index (κ1) is 14.1. The summed E-state index contributed by atoms with van der Waals surface area (Å²) in [6.45, 7) is 2.09. The molecule has 2 rings (SSSR count). The van der Waals surface area contributed by atoms with Crippen molar-refractivity contribution in [2.75, 3.05) is 14.2 Å². The molecular weight excluding hydrogens is 261 g/mol. The van der Waals surface area contributed by atoms with Gasteiger partial charge >= 0.3 is 0 Å². The maximum atomic E-state index is 13.6. The molecule has 0 saturated carbocycles. The summed E-state index contributed by atoms with van der Waals surface area (Å²) in [6.07, 6.45) is 1.48. The van der Waals surface area contributed by atoms with Crippen LogP contribution >= 0.6 is 0 Å². The van der Waals surface area contributed by atoms with Crippen molar-refractivity contribution in [1.82, 2.24) is 4.90 Å². The van der Waals surface area contributed by atoms with E-state index in [0.29, 0.717) is 17.9 Å². The topological polar surface area (TPSA) is 42.7 Å². The molecule has 0 atom stereocenters. The standard InChI is InChI=1S/C15H16FNO3/c1-10-6-7-20-14(10)15(18)17(2)9-11-4-5-13(19-3)12(16)8-11/h4-8H,9H2,1-3H3. The number of carbonyl (C=O) groups excluding carboxylic acids is 1. The van der Waals surface area contributed by atoms with Crippen LogP contribution in [0, 0.1) is 12.7 Å². The van der Waals surface area contributed by atoms with Crippen LogP contribution in [0.2, 0.25) is 0 Å². The molecule has 0 aliphatic carbocycles. The molecule has 0 N–H and O–H groups in total. The molecule has 0 spiro atoms. The van der Waals surface area contributed by atoms with Gasteiger partial charge in [-0.1, -0.05) is 6.07 Å². The van der Waals surface area contributed by atoms with Crippen LogP contribution in [0.15, 0.2) is 34.9 Å². The van der Waals surface area contributed by atoms with Gasteiger partial charge in [0.2, 0.25) is 0 Å². The van der Waals surface area contributed by atoms with E-state index in [1.54, 1.807) is 32.2 Å². The minimum absolute atomic E-state index is 0.185. The zero-order chi connectivity index (χ0) is 14.7. The van der Waals surface area contributed by atoms with Crippen LogP contribution in [-0.2, 0) is 6.54 Å². The van der Waals surface area contributed by atoms with Crippen molar-refractivity contribution < 1.29 is 18.3 Å². The lowest BCUT2D eigenvalue weighted by Gasteiger charge is -2.16. The Bertz CT molecular complexity index is 621. The van der Waals surface area contributed by atoms with Crippen molar-refractivity contribution >= 4 is 5.91 Å². The fraction of sp³-hybridized carbons (Fsp3) is 0.267. The molecule has 0 aliphatic rings. The van der Waals surface area contributed by atoms with Crippen LogP contribution in [-0.4, -0.2) is 25.0 Å². The van der Waals surface area contributed by atoms with E-state index in [2.05, 4.69) is 0 Å². The van der Waals surface area contributed by atoms with Crippen molar-refractivity contribution in [1.29, 1.82) is 0 Å². The van der Waals surface area contributed by atoms with Crippen LogP contribution in [0.3, 0.4) is 0 Å². The summed E-state index contributed by atoms with van der Waals surface area (Å²) in [7, 11) is 3.06. The Labute approximate surface area is 116 Å². The monoisotopic (exact) mass is 277 g/mol. The Morgan fingerprint density at radius 1 is 1.40 bits per heavy atom. The number of amides is 1. The molecule has 0 saturated heterocycles. The van der Waals surface area contributed by atoms with Gasteiger partial charge < -0.3 is 14.1 Å². The number of hydrogen-bond donors (Lipinski definition) is 0. The highest BCUT2D eigenvalue weighted by atomic mass is 19.1. The van der Waals surface area contributed by atoms with Gasteiger partial charge in [0.15, 0.2) is 17.3 Å². The minimum atomic E-state index is -0.444. The van der Waals surface area contributed by atoms with E-state index < -0.39 is 5.82 Å². The molecule has 1 aromatic carbocycles. The number of benzene rings is 1. The van der Waals surface area contributed by atoms with Crippen molar-refractivity contribution in [2.45, 2.75) is 13.5 Å². The van der Waals surface area contributed by atoms with Gasteiger partial charge in [0.25, 0.3) is 5.91 Å². The minimum Gasteiger partial charge on any atom is -0.494 e. The van der Waals surface area contributed by atoms with Crippen LogP contribution in [0.5, 0.6) is 5.75 Å². The number of hydrogen-bond acceptors (Lipinski definition) is 3. The Balaban J connectivity index is 2.12. The van der Waals surface area contributed by atoms with E-state index in [1.807, 2.05) is 0 Å². The molecule has 4 nitrogen and oxygen atoms in total. The molecule has 106 valence electrons. The molecule has 0 unspecified atom stereocenters. The molecule has 0 fully saturated rings. The van der Waals surface area contributed by atoms with Gasteiger partial charge in [-0.3, -0.25) is 4.79 Å². The van der Waals surface area contributed by atoms with Gasteiger partial charge in [-0.2, -0.15) is 0 Å². The summed E-state index contributed by atoms with van der Waals surface area (Å²) >= 11 is 0. The van der Waals surface area contributed by atoms with Crippen LogP contribution in [0.1, 0.15) is 21.7 Å². The molecule has 0 aliphatic heterocycles. The van der Waals surface area contributed by atoms with Crippen molar-refractivity contribution in [3.63, 3.8) is 0 Å². The van der Waals surface area contributed by atoms with E-state index in [4.69, 9.17) is 9.15 Å². The fourth-order valence-corrected chi connectivity index (χ4v) is 1.92. The summed E-state index contributed by atoms with van der Waals surface area (Å²) in [4.78, 5) is 13.6. The largest absolute Gasteiger partial charge is 0.494 e. The Morgan fingerprint density at radius 2 is 2.15 bits per heavy atom. The summed E-state index contributed by atoms with van der Waals surface area (Å²) in [6, 6.07) is 6.35. The van der Waals surface area contributed by atoms with Crippen molar-refractivity contribution in [3.8, 4) is 5.75 Å². The fourth-order valence-electron chi connectivity index (χ4n) is 1.92. The molecule has 0 radical (unpaired) electrons. The molecule has 1 amide bonds. The smallest absolute Gasteiger partial charge is 0.289 e. The third-order valence-corrected chi connectivity index (χ3v) is 3.04. The van der Waals surface area contributed by atoms with E-state index in [1.165, 1.54) is 24.3 Å². The zero-order valence-electron chi connectivity index (χ0n) is 11.6. The maximum absolute atomic E-state index is 13.6. The second kappa shape index (κ2) is 5.77. The molecular formula is C15H16FNO3. The lowest BCUT2D eigenvalue weighted by molar-refractivity contribution is 0.0752. The SMILES string of the molecule is COc1ccc(CN(C)C(=O)c2occc2C)cc1F. The van der Waals surface area contributed by atoms with E-state index in [0.717, 1.165) is 5.56 Å². The lowest BCUT2D eigenvalue weighted by Crippen LogP contribution is -2.26. The van der Waals surface area contributed by atoms with Crippen LogP contribution in [0.25, 0.3) is 0 Å². The highest BCUT2D eigenvalue weighted by molar-refractivity contribution is 5.92. The molecule has 5 heteroatoms. The van der Waals surface area contributed by atoms with Gasteiger partial charge in [-0.25, -0.2) is 4.39 Å². The third kappa shape index (κ3) is 2.82. The van der Waals surface area contributed by atoms with Gasteiger partial charge in [0.1, 0.15) is 0 Å². The average Bonchev–Trinajstić information content (AvgIpc) is 2.84. The second-order valence-electron chi connectivity index (χ2n) is 4.56. The maximum Gasteiger partial charge on any atom is 0.289 e. The summed E-state index contributed by atoms with van der Waals surface area (Å²) in [5.74, 6) is -0.185. The van der Waals surface area contributed by atoms with E-state index in [9.17, 15) is 9.18 Å². The predicted octanol–water partition coefficient (Wildman–Crippen LogP) is 3.01. The predicted molar refractivity (Wildman–Crippen MR) is 72.2 cm³/mol. The Hall–Kier alpha value is -2.30. The molecule has 20 heavy (non-hydrogen) atoms. The Morgan fingerprint density at radius 3 is 2.70 bits per heavy atom. The normalized spacial score (nSPS) is 10.4. The lowest BCUT2D eigenvalue weighted by atomic mass is 10.2. The first-order valence-electron chi connectivity index (χ1n) is 6.15. The summed E-state index contributed by atoms with van der Waals surface area (Å²) < 4.78 is 23.6. The van der Waals surface area contributed by atoms with Crippen molar-refractivity contribution in [3.05, 3.63) is 53.2 Å². The number of ether oxygens (including phenoxy) is 1. The van der Waals surface area contributed by atoms with Gasteiger partial charge in [-0.15, -0.1) is 0 Å².